The molecule has 59 heavy (non-hydrogen) atoms. The first-order chi connectivity index (χ1) is 28.8. The number of carbonyl (C=O) groups excluding carboxylic acids is 1. The van der Waals surface area contributed by atoms with Gasteiger partial charge in [0.2, 0.25) is 15.9 Å². The maximum absolute atomic E-state index is 14.4. The second-order valence-corrected chi connectivity index (χ2v) is 16.2. The molecule has 1 N–H and O–H groups in total. The summed E-state index contributed by atoms with van der Waals surface area (Å²) in [4.78, 5) is 24.8. The molecule has 6 rings (SSSR count). The molecule has 2 aromatic carbocycles. The van der Waals surface area contributed by atoms with Crippen molar-refractivity contribution in [2.75, 3.05) is 72.5 Å². The molecule has 3 heterocycles. The van der Waals surface area contributed by atoms with E-state index >= 15 is 0 Å². The molecule has 4 aromatic rings. The SMILES string of the molecule is CC.CCCOCCOCCOCCOCCNC(=O)c1ccc2nc(CN3CCC(c4cccc(OCc5ccc(C#N)cc5F)n4)CC3)n(S(=O)(=O)C3CC3)c2c1. The number of nitriles is 1. The zero-order valence-electron chi connectivity index (χ0n) is 34.4. The van der Waals surface area contributed by atoms with Crippen molar-refractivity contribution in [3.8, 4) is 11.9 Å². The van der Waals surface area contributed by atoms with Crippen molar-refractivity contribution in [1.29, 1.82) is 5.26 Å². The van der Waals surface area contributed by atoms with Crippen LogP contribution >= 0.6 is 0 Å². The summed E-state index contributed by atoms with van der Waals surface area (Å²) in [5, 5.41) is 11.4. The van der Waals surface area contributed by atoms with Crippen molar-refractivity contribution < 1.29 is 41.3 Å². The summed E-state index contributed by atoms with van der Waals surface area (Å²) in [6.07, 6.45) is 3.76. The van der Waals surface area contributed by atoms with Gasteiger partial charge >= 0.3 is 0 Å². The van der Waals surface area contributed by atoms with Gasteiger partial charge in [0.05, 0.1) is 80.7 Å². The fraction of sp³-hybridized carbons (Fsp3) is 0.535. The third kappa shape index (κ3) is 13.2. The fourth-order valence-electron chi connectivity index (χ4n) is 6.60. The van der Waals surface area contributed by atoms with E-state index in [4.69, 9.17) is 38.9 Å². The maximum atomic E-state index is 14.4. The second kappa shape index (κ2) is 23.3. The normalized spacial score (nSPS) is 14.8. The maximum Gasteiger partial charge on any atom is 0.251 e. The number of carbonyl (C=O) groups is 1. The Morgan fingerprint density at radius 1 is 0.881 bits per heavy atom. The highest BCUT2D eigenvalue weighted by Gasteiger charge is 2.39. The molecule has 14 nitrogen and oxygen atoms in total. The quantitative estimate of drug-likeness (QED) is 0.0871. The Balaban J connectivity index is 0.00000326. The van der Waals surface area contributed by atoms with Crippen LogP contribution in [0.1, 0.15) is 91.8 Å². The van der Waals surface area contributed by atoms with Crippen LogP contribution < -0.4 is 10.1 Å². The van der Waals surface area contributed by atoms with E-state index in [-0.39, 0.29) is 30.5 Å². The second-order valence-electron chi connectivity index (χ2n) is 14.1. The third-order valence-corrected chi connectivity index (χ3v) is 12.0. The van der Waals surface area contributed by atoms with Gasteiger partial charge in [-0.1, -0.05) is 32.9 Å². The summed E-state index contributed by atoms with van der Waals surface area (Å²) in [6.45, 7) is 11.9. The van der Waals surface area contributed by atoms with Crippen LogP contribution in [-0.4, -0.2) is 111 Å². The lowest BCUT2D eigenvalue weighted by atomic mass is 9.93. The van der Waals surface area contributed by atoms with Gasteiger partial charge in [0.1, 0.15) is 18.2 Å². The standard InChI is InChI=1S/C41H51FN6O8S.C2H6/c1-2-17-52-19-21-54-23-24-55-22-20-53-18-14-44-41(49)32-8-11-37-38(26-32)48(57(50,51)34-9-10-34)39(45-37)28-47-15-12-31(13-16-47)36-4-3-5-40(46-36)56-29-33-7-6-30(27-43)25-35(33)42;1-2/h3-8,11,25-26,31,34H,2,9-10,12-24,28-29H2,1H3,(H,44,49);1-2H3. The van der Waals surface area contributed by atoms with Crippen molar-refractivity contribution >= 4 is 27.0 Å². The third-order valence-electron chi connectivity index (χ3n) is 9.81. The van der Waals surface area contributed by atoms with E-state index in [1.54, 1.807) is 30.3 Å². The predicted octanol–water partition coefficient (Wildman–Crippen LogP) is 5.97. The van der Waals surface area contributed by atoms with Gasteiger partial charge in [-0.2, -0.15) is 5.26 Å². The highest BCUT2D eigenvalue weighted by Crippen LogP contribution is 2.34. The number of aromatic nitrogens is 3. The first-order valence-electron chi connectivity index (χ1n) is 20.6. The van der Waals surface area contributed by atoms with Crippen LogP contribution in [0.25, 0.3) is 11.0 Å². The number of benzene rings is 2. The molecular formula is C43H57FN6O8S. The van der Waals surface area contributed by atoms with E-state index in [0.717, 1.165) is 31.6 Å². The average Bonchev–Trinajstić information content (AvgIpc) is 4.06. The fourth-order valence-corrected chi connectivity index (χ4v) is 8.44. The number of rotatable bonds is 23. The molecule has 0 radical (unpaired) electrons. The minimum atomic E-state index is -3.72. The van der Waals surface area contributed by atoms with Gasteiger partial charge in [0.15, 0.2) is 0 Å². The number of ether oxygens (including phenoxy) is 5. The van der Waals surface area contributed by atoms with Crippen LogP contribution in [-0.2, 0) is 42.1 Å². The van der Waals surface area contributed by atoms with Crippen LogP contribution in [0.2, 0.25) is 0 Å². The number of imidazole rings is 1. The van der Waals surface area contributed by atoms with E-state index in [0.29, 0.717) is 113 Å². The minimum absolute atomic E-state index is 0.0113. The lowest BCUT2D eigenvalue weighted by Gasteiger charge is -2.31. The van der Waals surface area contributed by atoms with Gasteiger partial charge in [-0.05, 0) is 81.6 Å². The van der Waals surface area contributed by atoms with Crippen molar-refractivity contribution in [2.24, 2.45) is 0 Å². The molecule has 0 bridgehead atoms. The first kappa shape index (κ1) is 45.6. The van der Waals surface area contributed by atoms with Gasteiger partial charge in [-0.3, -0.25) is 9.69 Å². The number of fused-ring (bicyclic) bond motifs is 1. The number of hydrogen-bond donors (Lipinski definition) is 1. The van der Waals surface area contributed by atoms with E-state index in [1.807, 2.05) is 32.0 Å². The Hall–Kier alpha value is -4.50. The van der Waals surface area contributed by atoms with E-state index < -0.39 is 21.1 Å². The van der Waals surface area contributed by atoms with Crippen LogP contribution in [0, 0.1) is 17.1 Å². The average molecular weight is 837 g/mol. The molecule has 2 aliphatic rings. The van der Waals surface area contributed by atoms with Crippen LogP contribution in [0.15, 0.2) is 54.6 Å². The topological polar surface area (TPSA) is 167 Å². The summed E-state index contributed by atoms with van der Waals surface area (Å²) in [6, 6.07) is 16.7. The number of pyridine rings is 1. The summed E-state index contributed by atoms with van der Waals surface area (Å²) >= 11 is 0. The Labute approximate surface area is 347 Å². The van der Waals surface area contributed by atoms with Crippen molar-refractivity contribution in [3.63, 3.8) is 0 Å². The Morgan fingerprint density at radius 3 is 2.20 bits per heavy atom. The number of halogens is 1. The summed E-state index contributed by atoms with van der Waals surface area (Å²) in [5.41, 5.74) is 2.71. The molecule has 320 valence electrons. The van der Waals surface area contributed by atoms with Crippen LogP contribution in [0.3, 0.4) is 0 Å². The molecule has 0 unspecified atom stereocenters. The van der Waals surface area contributed by atoms with Crippen LogP contribution in [0.5, 0.6) is 5.88 Å². The number of piperidine rings is 1. The lowest BCUT2D eigenvalue weighted by Crippen LogP contribution is -2.34. The molecule has 16 heteroatoms. The van der Waals surface area contributed by atoms with Crippen molar-refractivity contribution in [1.82, 2.24) is 24.2 Å². The highest BCUT2D eigenvalue weighted by atomic mass is 32.2. The molecule has 1 amide bonds. The molecule has 1 saturated carbocycles. The van der Waals surface area contributed by atoms with E-state index in [9.17, 15) is 17.6 Å². The number of nitrogens with one attached hydrogen (secondary N) is 1. The van der Waals surface area contributed by atoms with Crippen LogP contribution in [0.4, 0.5) is 4.39 Å². The molecule has 0 atom stereocenters. The van der Waals surface area contributed by atoms with Gasteiger partial charge in [-0.15, -0.1) is 0 Å². The van der Waals surface area contributed by atoms with Crippen molar-refractivity contribution in [2.45, 2.75) is 77.2 Å². The Bertz CT molecular complexity index is 2100. The molecule has 1 saturated heterocycles. The number of likely N-dealkylation sites (tertiary alicyclic amines) is 1. The molecule has 2 fully saturated rings. The number of amides is 1. The monoisotopic (exact) mass is 836 g/mol. The smallest absolute Gasteiger partial charge is 0.251 e. The van der Waals surface area contributed by atoms with Crippen molar-refractivity contribution in [3.05, 3.63) is 88.6 Å². The number of nitrogens with zero attached hydrogens (tertiary/aromatic N) is 5. The molecule has 0 spiro atoms. The van der Waals surface area contributed by atoms with Gasteiger partial charge in [-0.25, -0.2) is 26.7 Å². The summed E-state index contributed by atoms with van der Waals surface area (Å²) < 4.78 is 71.0. The Morgan fingerprint density at radius 2 is 1.56 bits per heavy atom. The molecular weight excluding hydrogens is 780 g/mol. The van der Waals surface area contributed by atoms with Gasteiger partial charge in [0.25, 0.3) is 5.91 Å². The van der Waals surface area contributed by atoms with Gasteiger partial charge in [0, 0.05) is 42.0 Å². The lowest BCUT2D eigenvalue weighted by molar-refractivity contribution is -0.00131. The minimum Gasteiger partial charge on any atom is -0.473 e. The molecule has 1 aliphatic carbocycles. The Kier molecular flexibility index (Phi) is 18.0. The number of hydrogen-bond acceptors (Lipinski definition) is 12. The zero-order valence-corrected chi connectivity index (χ0v) is 35.2. The van der Waals surface area contributed by atoms with E-state index in [2.05, 4.69) is 17.1 Å². The molecule has 1 aliphatic heterocycles. The largest absolute Gasteiger partial charge is 0.473 e. The predicted molar refractivity (Wildman–Crippen MR) is 221 cm³/mol. The van der Waals surface area contributed by atoms with Gasteiger partial charge < -0.3 is 29.0 Å². The summed E-state index contributed by atoms with van der Waals surface area (Å²) in [5.74, 6) is 0.152. The van der Waals surface area contributed by atoms with E-state index in [1.165, 1.54) is 16.1 Å². The zero-order chi connectivity index (χ0) is 42.0. The summed E-state index contributed by atoms with van der Waals surface area (Å²) in [7, 11) is -3.72. The first-order valence-corrected chi connectivity index (χ1v) is 22.1. The highest BCUT2D eigenvalue weighted by molar-refractivity contribution is 7.91. The molecule has 2 aromatic heterocycles.